The molecular formula is C12H14N2O3S2. The van der Waals surface area contributed by atoms with Crippen LogP contribution in [0.4, 0.5) is 0 Å². The Kier molecular flexibility index (Phi) is 4.52. The summed E-state index contributed by atoms with van der Waals surface area (Å²) in [6.07, 6.45) is 0.912. The molecule has 2 aromatic heterocycles. The van der Waals surface area contributed by atoms with Crippen molar-refractivity contribution in [3.63, 3.8) is 0 Å². The molecule has 2 rings (SSSR count). The number of furan rings is 1. The molecular weight excluding hydrogens is 284 g/mol. The van der Waals surface area contributed by atoms with E-state index in [0.717, 1.165) is 10.6 Å². The number of rotatable bonds is 5. The first-order valence-corrected chi connectivity index (χ1v) is 6.95. The fourth-order valence-electron chi connectivity index (χ4n) is 1.61. The van der Waals surface area contributed by atoms with Crippen molar-refractivity contribution in [2.45, 2.75) is 19.4 Å². The maximum Gasteiger partial charge on any atom is 0.225 e. The standard InChI is InChI=1S/C12H14N2O3S2/c1-7-10(19-12(18)14-7)5-11(16)13-6-8(15)9-3-2-4-17-9/h2-4,8,15H,5-6H2,1H3,(H,13,16)(H,14,18). The van der Waals surface area contributed by atoms with Crippen LogP contribution in [0, 0.1) is 10.9 Å². The summed E-state index contributed by atoms with van der Waals surface area (Å²) in [4.78, 5) is 15.7. The van der Waals surface area contributed by atoms with Crippen LogP contribution >= 0.6 is 23.6 Å². The predicted molar refractivity (Wildman–Crippen MR) is 74.6 cm³/mol. The number of hydrogen-bond acceptors (Lipinski definition) is 5. The van der Waals surface area contributed by atoms with Crippen molar-refractivity contribution in [1.82, 2.24) is 10.3 Å². The van der Waals surface area contributed by atoms with E-state index in [-0.39, 0.29) is 18.9 Å². The predicted octanol–water partition coefficient (Wildman–Crippen LogP) is 2.10. The number of thiazole rings is 1. The second kappa shape index (κ2) is 6.14. The van der Waals surface area contributed by atoms with Gasteiger partial charge < -0.3 is 19.8 Å². The third-order valence-corrected chi connectivity index (χ3v) is 3.95. The van der Waals surface area contributed by atoms with Crippen molar-refractivity contribution in [2.24, 2.45) is 0 Å². The number of aryl methyl sites for hydroxylation is 1. The third-order valence-electron chi connectivity index (χ3n) is 2.61. The molecule has 7 heteroatoms. The Bertz CT molecular complexity index is 601. The number of aromatic nitrogens is 1. The van der Waals surface area contributed by atoms with Crippen LogP contribution in [0.2, 0.25) is 0 Å². The minimum absolute atomic E-state index is 0.126. The number of aliphatic hydroxyl groups is 1. The summed E-state index contributed by atoms with van der Waals surface area (Å²) in [7, 11) is 0. The highest BCUT2D eigenvalue weighted by molar-refractivity contribution is 7.73. The lowest BCUT2D eigenvalue weighted by Gasteiger charge is -2.09. The number of nitrogens with one attached hydrogen (secondary N) is 2. The number of aliphatic hydroxyl groups excluding tert-OH is 1. The lowest BCUT2D eigenvalue weighted by molar-refractivity contribution is -0.120. The molecule has 0 saturated carbocycles. The van der Waals surface area contributed by atoms with Crippen LogP contribution in [0.25, 0.3) is 0 Å². The first-order chi connectivity index (χ1) is 9.06. The minimum atomic E-state index is -0.829. The van der Waals surface area contributed by atoms with E-state index >= 15 is 0 Å². The van der Waals surface area contributed by atoms with E-state index < -0.39 is 6.10 Å². The molecule has 0 aliphatic carbocycles. The summed E-state index contributed by atoms with van der Waals surface area (Å²) in [6.45, 7) is 2.01. The number of amides is 1. The van der Waals surface area contributed by atoms with Gasteiger partial charge in [0.15, 0.2) is 3.95 Å². The Morgan fingerprint density at radius 3 is 3.05 bits per heavy atom. The van der Waals surface area contributed by atoms with Crippen LogP contribution in [0.1, 0.15) is 22.4 Å². The van der Waals surface area contributed by atoms with Gasteiger partial charge in [-0.2, -0.15) is 0 Å². The van der Waals surface area contributed by atoms with Gasteiger partial charge in [-0.25, -0.2) is 0 Å². The zero-order chi connectivity index (χ0) is 13.8. The summed E-state index contributed by atoms with van der Waals surface area (Å²) in [6, 6.07) is 3.36. The summed E-state index contributed by atoms with van der Waals surface area (Å²) >= 11 is 6.40. The topological polar surface area (TPSA) is 78.3 Å². The Balaban J connectivity index is 1.85. The first-order valence-electron chi connectivity index (χ1n) is 5.73. The van der Waals surface area contributed by atoms with Gasteiger partial charge in [0.1, 0.15) is 11.9 Å². The van der Waals surface area contributed by atoms with Crippen LogP contribution in [-0.2, 0) is 11.2 Å². The van der Waals surface area contributed by atoms with Gasteiger partial charge in [-0.05, 0) is 31.3 Å². The van der Waals surface area contributed by atoms with Crippen molar-refractivity contribution in [3.8, 4) is 0 Å². The molecule has 3 N–H and O–H groups in total. The van der Waals surface area contributed by atoms with Gasteiger partial charge in [0, 0.05) is 10.6 Å². The lowest BCUT2D eigenvalue weighted by atomic mass is 10.2. The van der Waals surface area contributed by atoms with E-state index in [0.29, 0.717) is 9.71 Å². The molecule has 0 aromatic carbocycles. The van der Waals surface area contributed by atoms with E-state index in [1.165, 1.54) is 17.6 Å². The molecule has 1 atom stereocenters. The number of hydrogen-bond donors (Lipinski definition) is 3. The second-order valence-corrected chi connectivity index (χ2v) is 5.85. The Morgan fingerprint density at radius 1 is 1.68 bits per heavy atom. The Labute approximate surface area is 119 Å². The molecule has 1 amide bonds. The van der Waals surface area contributed by atoms with Crippen LogP contribution in [0.5, 0.6) is 0 Å². The van der Waals surface area contributed by atoms with Crippen molar-refractivity contribution >= 4 is 29.5 Å². The Hall–Kier alpha value is -1.44. The smallest absolute Gasteiger partial charge is 0.225 e. The molecule has 1 unspecified atom stereocenters. The maximum atomic E-state index is 11.8. The largest absolute Gasteiger partial charge is 0.467 e. The van der Waals surface area contributed by atoms with E-state index in [2.05, 4.69) is 10.3 Å². The summed E-state index contributed by atoms with van der Waals surface area (Å²) in [5, 5.41) is 12.4. The lowest BCUT2D eigenvalue weighted by Crippen LogP contribution is -2.29. The van der Waals surface area contributed by atoms with Gasteiger partial charge in [0.2, 0.25) is 5.91 Å². The maximum absolute atomic E-state index is 11.8. The highest BCUT2D eigenvalue weighted by Crippen LogP contribution is 2.15. The minimum Gasteiger partial charge on any atom is -0.467 e. The van der Waals surface area contributed by atoms with E-state index in [4.69, 9.17) is 16.6 Å². The van der Waals surface area contributed by atoms with Crippen LogP contribution in [-0.4, -0.2) is 22.5 Å². The second-order valence-electron chi connectivity index (χ2n) is 4.07. The molecule has 0 bridgehead atoms. The van der Waals surface area contributed by atoms with Crippen LogP contribution in [0.3, 0.4) is 0 Å². The molecule has 19 heavy (non-hydrogen) atoms. The highest BCUT2D eigenvalue weighted by Gasteiger charge is 2.13. The molecule has 0 radical (unpaired) electrons. The number of aromatic amines is 1. The molecule has 0 saturated heterocycles. The zero-order valence-corrected chi connectivity index (χ0v) is 11.9. The van der Waals surface area contributed by atoms with E-state index in [1.807, 2.05) is 6.92 Å². The van der Waals surface area contributed by atoms with Crippen molar-refractivity contribution < 1.29 is 14.3 Å². The molecule has 0 aliphatic heterocycles. The monoisotopic (exact) mass is 298 g/mol. The van der Waals surface area contributed by atoms with Gasteiger partial charge in [-0.15, -0.1) is 11.3 Å². The van der Waals surface area contributed by atoms with Gasteiger partial charge in [0.05, 0.1) is 19.2 Å². The summed E-state index contributed by atoms with van der Waals surface area (Å²) in [5.41, 5.74) is 0.914. The molecule has 2 aromatic rings. The molecule has 0 aliphatic rings. The van der Waals surface area contributed by atoms with E-state index in [1.54, 1.807) is 12.1 Å². The van der Waals surface area contributed by atoms with Crippen LogP contribution < -0.4 is 5.32 Å². The first kappa shape index (κ1) is 14.0. The fraction of sp³-hybridized carbons (Fsp3) is 0.333. The Morgan fingerprint density at radius 2 is 2.47 bits per heavy atom. The average Bonchev–Trinajstić information content (AvgIpc) is 2.97. The van der Waals surface area contributed by atoms with Crippen molar-refractivity contribution in [2.75, 3.05) is 6.54 Å². The van der Waals surface area contributed by atoms with Crippen molar-refractivity contribution in [3.05, 3.63) is 38.7 Å². The van der Waals surface area contributed by atoms with E-state index in [9.17, 15) is 9.90 Å². The molecule has 0 fully saturated rings. The molecule has 0 spiro atoms. The van der Waals surface area contributed by atoms with Crippen molar-refractivity contribution in [1.29, 1.82) is 0 Å². The number of carbonyl (C=O) groups excluding carboxylic acids is 1. The van der Waals surface area contributed by atoms with Gasteiger partial charge in [0.25, 0.3) is 0 Å². The molecule has 2 heterocycles. The normalized spacial score (nSPS) is 12.3. The summed E-state index contributed by atoms with van der Waals surface area (Å²) < 4.78 is 5.71. The SMILES string of the molecule is Cc1[nH]c(=S)sc1CC(=O)NCC(O)c1ccco1. The van der Waals surface area contributed by atoms with Crippen LogP contribution in [0.15, 0.2) is 22.8 Å². The number of carbonyl (C=O) groups is 1. The molecule has 5 nitrogen and oxygen atoms in total. The quantitative estimate of drug-likeness (QED) is 0.739. The highest BCUT2D eigenvalue weighted by atomic mass is 32.1. The van der Waals surface area contributed by atoms with Gasteiger partial charge in [-0.3, -0.25) is 4.79 Å². The van der Waals surface area contributed by atoms with Gasteiger partial charge >= 0.3 is 0 Å². The molecule has 102 valence electrons. The zero-order valence-electron chi connectivity index (χ0n) is 10.3. The van der Waals surface area contributed by atoms with Gasteiger partial charge in [-0.1, -0.05) is 0 Å². The fourth-order valence-corrected chi connectivity index (χ4v) is 2.90. The summed E-state index contributed by atoms with van der Waals surface area (Å²) in [5.74, 6) is 0.285. The number of H-pyrrole nitrogens is 1. The third kappa shape index (κ3) is 3.76. The average molecular weight is 298 g/mol.